The molecule has 0 saturated carbocycles. The number of carbonyl (C=O) groups excluding carboxylic acids is 1. The molecule has 0 aliphatic heterocycles. The summed E-state index contributed by atoms with van der Waals surface area (Å²) in [6.45, 7) is 2.31. The first-order chi connectivity index (χ1) is 8.20. The standard InChI is InChI=1S/C12H15N3O2/c1-9(12(16)17-2)13-7-10-8-15-6-4-3-5-11(15)14-10/h3-6,8-9,13H,7H2,1-2H3/t9-/m0/s1. The van der Waals surface area contributed by atoms with Gasteiger partial charge in [-0.15, -0.1) is 0 Å². The van der Waals surface area contributed by atoms with Crippen molar-refractivity contribution >= 4 is 11.6 Å². The van der Waals surface area contributed by atoms with Gasteiger partial charge in [-0.25, -0.2) is 4.98 Å². The lowest BCUT2D eigenvalue weighted by Crippen LogP contribution is -2.34. The second-order valence-corrected chi connectivity index (χ2v) is 3.82. The van der Waals surface area contributed by atoms with E-state index >= 15 is 0 Å². The minimum Gasteiger partial charge on any atom is -0.468 e. The number of ether oxygens (including phenoxy) is 1. The number of nitrogens with zero attached hydrogens (tertiary/aromatic N) is 2. The normalized spacial score (nSPS) is 12.6. The van der Waals surface area contributed by atoms with E-state index in [1.54, 1.807) is 6.92 Å². The SMILES string of the molecule is COC(=O)[C@H](C)NCc1cn2ccccc2n1. The van der Waals surface area contributed by atoms with Crippen LogP contribution in [0.2, 0.25) is 0 Å². The third-order valence-corrected chi connectivity index (χ3v) is 2.56. The highest BCUT2D eigenvalue weighted by Gasteiger charge is 2.12. The largest absolute Gasteiger partial charge is 0.468 e. The highest BCUT2D eigenvalue weighted by molar-refractivity contribution is 5.75. The second-order valence-electron chi connectivity index (χ2n) is 3.82. The summed E-state index contributed by atoms with van der Waals surface area (Å²) in [7, 11) is 1.38. The molecule has 0 aromatic carbocycles. The average molecular weight is 233 g/mol. The first kappa shape index (κ1) is 11.6. The number of hydrogen-bond acceptors (Lipinski definition) is 4. The summed E-state index contributed by atoms with van der Waals surface area (Å²) in [6, 6.07) is 5.50. The Morgan fingerprint density at radius 1 is 1.59 bits per heavy atom. The van der Waals surface area contributed by atoms with Gasteiger partial charge >= 0.3 is 5.97 Å². The van der Waals surface area contributed by atoms with Gasteiger partial charge in [0.05, 0.1) is 12.8 Å². The lowest BCUT2D eigenvalue weighted by atomic mass is 10.3. The molecule has 0 aliphatic carbocycles. The highest BCUT2D eigenvalue weighted by Crippen LogP contribution is 2.04. The fraction of sp³-hybridized carbons (Fsp3) is 0.333. The molecule has 90 valence electrons. The molecule has 2 aromatic rings. The van der Waals surface area contributed by atoms with Gasteiger partial charge in [0.1, 0.15) is 11.7 Å². The number of hydrogen-bond donors (Lipinski definition) is 1. The molecule has 1 atom stereocenters. The number of rotatable bonds is 4. The minimum absolute atomic E-state index is 0.270. The van der Waals surface area contributed by atoms with E-state index in [1.165, 1.54) is 7.11 Å². The molecule has 17 heavy (non-hydrogen) atoms. The number of carbonyl (C=O) groups is 1. The molecule has 0 unspecified atom stereocenters. The van der Waals surface area contributed by atoms with Crippen LogP contribution in [0.4, 0.5) is 0 Å². The third kappa shape index (κ3) is 2.62. The van der Waals surface area contributed by atoms with E-state index in [-0.39, 0.29) is 12.0 Å². The zero-order valence-corrected chi connectivity index (χ0v) is 9.88. The van der Waals surface area contributed by atoms with Crippen LogP contribution >= 0.6 is 0 Å². The van der Waals surface area contributed by atoms with E-state index in [4.69, 9.17) is 0 Å². The van der Waals surface area contributed by atoms with Crippen molar-refractivity contribution in [2.45, 2.75) is 19.5 Å². The second kappa shape index (κ2) is 4.97. The van der Waals surface area contributed by atoms with E-state index < -0.39 is 0 Å². The molecule has 2 rings (SSSR count). The Kier molecular flexibility index (Phi) is 3.39. The average Bonchev–Trinajstić information content (AvgIpc) is 2.77. The fourth-order valence-corrected chi connectivity index (χ4v) is 1.59. The summed E-state index contributed by atoms with van der Waals surface area (Å²) in [6.07, 6.45) is 3.88. The van der Waals surface area contributed by atoms with E-state index in [9.17, 15) is 4.79 Å². The molecular weight excluding hydrogens is 218 g/mol. The molecule has 0 bridgehead atoms. The van der Waals surface area contributed by atoms with Crippen LogP contribution < -0.4 is 5.32 Å². The van der Waals surface area contributed by atoms with E-state index in [0.29, 0.717) is 6.54 Å². The van der Waals surface area contributed by atoms with Crippen LogP contribution in [0, 0.1) is 0 Å². The Morgan fingerprint density at radius 2 is 2.41 bits per heavy atom. The van der Waals surface area contributed by atoms with Crippen molar-refractivity contribution in [3.05, 3.63) is 36.3 Å². The Balaban J connectivity index is 2.01. The van der Waals surface area contributed by atoms with Crippen molar-refractivity contribution in [3.63, 3.8) is 0 Å². The maximum atomic E-state index is 11.2. The molecule has 0 fully saturated rings. The van der Waals surface area contributed by atoms with Gasteiger partial charge in [0.25, 0.3) is 0 Å². The quantitative estimate of drug-likeness (QED) is 0.800. The van der Waals surface area contributed by atoms with Gasteiger partial charge in [0.15, 0.2) is 0 Å². The zero-order valence-electron chi connectivity index (χ0n) is 9.88. The molecule has 2 heterocycles. The van der Waals surface area contributed by atoms with Gasteiger partial charge in [-0.1, -0.05) is 6.07 Å². The molecule has 0 radical (unpaired) electrons. The minimum atomic E-state index is -0.329. The maximum Gasteiger partial charge on any atom is 0.322 e. The first-order valence-electron chi connectivity index (χ1n) is 5.44. The van der Waals surface area contributed by atoms with Gasteiger partial charge < -0.3 is 9.14 Å². The van der Waals surface area contributed by atoms with Crippen molar-refractivity contribution in [1.82, 2.24) is 14.7 Å². The van der Waals surface area contributed by atoms with Crippen molar-refractivity contribution in [2.75, 3.05) is 7.11 Å². The summed E-state index contributed by atoms with van der Waals surface area (Å²) in [5.41, 5.74) is 1.79. The smallest absolute Gasteiger partial charge is 0.322 e. The number of aromatic nitrogens is 2. The lowest BCUT2D eigenvalue weighted by molar-refractivity contribution is -0.142. The van der Waals surface area contributed by atoms with Crippen LogP contribution in [0.1, 0.15) is 12.6 Å². The van der Waals surface area contributed by atoms with E-state index in [2.05, 4.69) is 15.0 Å². The Hall–Kier alpha value is -1.88. The van der Waals surface area contributed by atoms with Gasteiger partial charge in [0, 0.05) is 18.9 Å². The van der Waals surface area contributed by atoms with Crippen LogP contribution in [-0.2, 0) is 16.1 Å². The number of methoxy groups -OCH3 is 1. The highest BCUT2D eigenvalue weighted by atomic mass is 16.5. The summed E-state index contributed by atoms with van der Waals surface area (Å²) < 4.78 is 6.58. The molecule has 0 aliphatic rings. The summed E-state index contributed by atoms with van der Waals surface area (Å²) in [5.74, 6) is -0.270. The summed E-state index contributed by atoms with van der Waals surface area (Å²) >= 11 is 0. The van der Waals surface area contributed by atoms with Gasteiger partial charge in [-0.05, 0) is 19.1 Å². The van der Waals surface area contributed by atoms with Crippen LogP contribution in [0.3, 0.4) is 0 Å². The van der Waals surface area contributed by atoms with E-state index in [1.807, 2.05) is 35.0 Å². The lowest BCUT2D eigenvalue weighted by Gasteiger charge is -2.09. The predicted molar refractivity (Wildman–Crippen MR) is 63.5 cm³/mol. The molecule has 5 nitrogen and oxygen atoms in total. The molecule has 5 heteroatoms. The van der Waals surface area contributed by atoms with Crippen LogP contribution in [0.25, 0.3) is 5.65 Å². The van der Waals surface area contributed by atoms with Crippen LogP contribution in [0.5, 0.6) is 0 Å². The predicted octanol–water partition coefficient (Wildman–Crippen LogP) is 0.985. The molecule has 0 saturated heterocycles. The number of nitrogens with one attached hydrogen (secondary N) is 1. The van der Waals surface area contributed by atoms with Crippen molar-refractivity contribution in [1.29, 1.82) is 0 Å². The molecule has 0 spiro atoms. The van der Waals surface area contributed by atoms with Gasteiger partial charge in [0.2, 0.25) is 0 Å². The van der Waals surface area contributed by atoms with Crippen LogP contribution in [0.15, 0.2) is 30.6 Å². The summed E-state index contributed by atoms with van der Waals surface area (Å²) in [5, 5.41) is 3.06. The number of fused-ring (bicyclic) bond motifs is 1. The number of pyridine rings is 1. The zero-order chi connectivity index (χ0) is 12.3. The van der Waals surface area contributed by atoms with E-state index in [0.717, 1.165) is 11.3 Å². The Labute approximate surface area is 99.4 Å². The Morgan fingerprint density at radius 3 is 3.12 bits per heavy atom. The van der Waals surface area contributed by atoms with Crippen molar-refractivity contribution in [2.24, 2.45) is 0 Å². The topological polar surface area (TPSA) is 55.6 Å². The molecule has 0 amide bonds. The van der Waals surface area contributed by atoms with Gasteiger partial charge in [-0.3, -0.25) is 10.1 Å². The number of imidazole rings is 1. The first-order valence-corrected chi connectivity index (χ1v) is 5.44. The summed E-state index contributed by atoms with van der Waals surface area (Å²) in [4.78, 5) is 15.6. The molecule has 1 N–H and O–H groups in total. The Bertz CT molecular complexity index is 488. The fourth-order valence-electron chi connectivity index (χ4n) is 1.59. The van der Waals surface area contributed by atoms with Crippen molar-refractivity contribution in [3.8, 4) is 0 Å². The van der Waals surface area contributed by atoms with Gasteiger partial charge in [-0.2, -0.15) is 0 Å². The maximum absolute atomic E-state index is 11.2. The third-order valence-electron chi connectivity index (χ3n) is 2.56. The van der Waals surface area contributed by atoms with Crippen molar-refractivity contribution < 1.29 is 9.53 Å². The number of esters is 1. The monoisotopic (exact) mass is 233 g/mol. The van der Waals surface area contributed by atoms with Crippen LogP contribution in [-0.4, -0.2) is 28.5 Å². The molecular formula is C12H15N3O2. The molecule has 2 aromatic heterocycles.